The van der Waals surface area contributed by atoms with Crippen LogP contribution < -0.4 is 9.80 Å². The molecular weight excluding hydrogens is 881 g/mol. The number of nitrogens with zero attached hydrogens (tertiary/aromatic N) is 4. The molecule has 0 amide bonds. The molecule has 0 aliphatic heterocycles. The van der Waals surface area contributed by atoms with Gasteiger partial charge in [-0.1, -0.05) is 121 Å². The largest absolute Gasteiger partial charge is 0.456 e. The monoisotopic (exact) mass is 932 g/mol. The molecule has 0 bridgehead atoms. The molecular formula is C66H38N4O2. The SMILES string of the molecule is [2H]c1c([2H])c([2H])c2c(c1[2H])c1c(N(c3ccccc3)c3ccc4oc5ccccc5c4c3)c([2H])c([2H])c3c4c([2H])c5c(c([2H])c4n2c31)c1c([2H])c([2H])c(N(c2ccccc2)c2ccc3oc4ccccc4c3c2)c2c3c([2H])c([2H])c([2H])c([2H])c3n5c12. The highest BCUT2D eigenvalue weighted by molar-refractivity contribution is 6.32. The third-order valence-corrected chi connectivity index (χ3v) is 14.4. The fraction of sp³-hybridized carbons (Fsp3) is 0. The zero-order chi connectivity index (χ0) is 58.9. The van der Waals surface area contributed by atoms with Crippen LogP contribution in [0.4, 0.5) is 34.1 Å². The summed E-state index contributed by atoms with van der Waals surface area (Å²) in [5.41, 5.74) is 4.76. The first-order valence-electron chi connectivity index (χ1n) is 30.5. The quantitative estimate of drug-likeness (QED) is 0.167. The zero-order valence-corrected chi connectivity index (χ0v) is 37.5. The van der Waals surface area contributed by atoms with Crippen molar-refractivity contribution in [2.75, 3.05) is 9.80 Å². The maximum Gasteiger partial charge on any atom is 0.135 e. The van der Waals surface area contributed by atoms with E-state index in [4.69, 9.17) is 14.3 Å². The summed E-state index contributed by atoms with van der Waals surface area (Å²) in [7, 11) is 0. The summed E-state index contributed by atoms with van der Waals surface area (Å²) >= 11 is 0. The van der Waals surface area contributed by atoms with Crippen LogP contribution in [-0.4, -0.2) is 8.80 Å². The molecule has 6 nitrogen and oxygen atoms in total. The molecule has 0 atom stereocenters. The predicted octanol–water partition coefficient (Wildman–Crippen LogP) is 18.7. The van der Waals surface area contributed by atoms with E-state index in [1.165, 1.54) is 8.80 Å². The summed E-state index contributed by atoms with van der Waals surface area (Å²) in [4.78, 5) is 3.55. The molecule has 17 aromatic rings. The second kappa shape index (κ2) is 13.9. The average Bonchev–Trinajstić information content (AvgIpc) is 1.51. The highest BCUT2D eigenvalue weighted by Gasteiger charge is 2.28. The Balaban J connectivity index is 1.06. The van der Waals surface area contributed by atoms with E-state index in [0.717, 1.165) is 21.5 Å². The molecule has 0 unspecified atom stereocenters. The van der Waals surface area contributed by atoms with E-state index in [2.05, 4.69) is 0 Å². The minimum absolute atomic E-state index is 0.000767. The minimum atomic E-state index is -0.588. The van der Waals surface area contributed by atoms with Gasteiger partial charge in [-0.15, -0.1) is 0 Å². The van der Waals surface area contributed by atoms with Gasteiger partial charge in [0.2, 0.25) is 0 Å². The van der Waals surface area contributed by atoms with Gasteiger partial charge in [-0.3, -0.25) is 0 Å². The smallest absolute Gasteiger partial charge is 0.135 e. The van der Waals surface area contributed by atoms with Gasteiger partial charge in [-0.25, -0.2) is 0 Å². The maximum absolute atomic E-state index is 10.6. The highest BCUT2D eigenvalue weighted by atomic mass is 16.3. The number of rotatable bonds is 6. The van der Waals surface area contributed by atoms with Crippen molar-refractivity contribution in [2.45, 2.75) is 0 Å². The first kappa shape index (κ1) is 27.4. The molecule has 72 heavy (non-hydrogen) atoms. The van der Waals surface area contributed by atoms with Gasteiger partial charge in [0.05, 0.1) is 63.7 Å². The number of fused-ring (bicyclic) bond motifs is 18. The van der Waals surface area contributed by atoms with Crippen molar-refractivity contribution in [3.63, 3.8) is 0 Å². The lowest BCUT2D eigenvalue weighted by Crippen LogP contribution is -2.10. The molecule has 0 saturated carbocycles. The maximum atomic E-state index is 10.6. The summed E-state index contributed by atoms with van der Waals surface area (Å²) in [5.74, 6) is 0. The Bertz CT molecular complexity index is 5560. The number of benzene rings is 11. The van der Waals surface area contributed by atoms with Crippen molar-refractivity contribution >= 4 is 154 Å². The molecule has 0 N–H and O–H groups in total. The Labute approximate surface area is 429 Å². The molecule has 0 saturated heterocycles. The summed E-state index contributed by atoms with van der Waals surface area (Å²) in [5, 5.41) is 3.33. The van der Waals surface area contributed by atoms with Crippen LogP contribution in [0.5, 0.6) is 0 Å². The van der Waals surface area contributed by atoms with Crippen LogP contribution in [0.25, 0.3) is 120 Å². The molecule has 0 aliphatic carbocycles. The molecule has 0 radical (unpaired) electrons. The number of hydrogen-bond donors (Lipinski definition) is 0. The second-order valence-electron chi connectivity index (χ2n) is 18.1. The van der Waals surface area contributed by atoms with Crippen LogP contribution in [-0.2, 0) is 0 Å². The number of hydrogen-bond acceptors (Lipinski definition) is 4. The molecule has 0 spiro atoms. The van der Waals surface area contributed by atoms with Crippen LogP contribution in [0, 0.1) is 0 Å². The minimum Gasteiger partial charge on any atom is -0.456 e. The van der Waals surface area contributed by atoms with Gasteiger partial charge >= 0.3 is 0 Å². The Hall–Kier alpha value is -9.78. The first-order chi connectivity index (χ1) is 41.6. The fourth-order valence-corrected chi connectivity index (χ4v) is 11.4. The van der Waals surface area contributed by atoms with Crippen molar-refractivity contribution < 1.29 is 28.0 Å². The second-order valence-corrected chi connectivity index (χ2v) is 18.1. The average molecular weight is 933 g/mol. The van der Waals surface area contributed by atoms with E-state index in [9.17, 15) is 13.7 Å². The molecule has 17 rings (SSSR count). The normalized spacial score (nSPS) is 15.2. The lowest BCUT2D eigenvalue weighted by Gasteiger charge is -2.26. The van der Waals surface area contributed by atoms with Gasteiger partial charge in [-0.05, 0) is 109 Å². The van der Waals surface area contributed by atoms with Crippen LogP contribution in [0.2, 0.25) is 0 Å². The van der Waals surface area contributed by atoms with Crippen LogP contribution >= 0.6 is 0 Å². The van der Waals surface area contributed by atoms with Crippen LogP contribution in [0.3, 0.4) is 0 Å². The number of aromatic nitrogens is 2. The Kier molecular flexibility index (Phi) is 5.31. The van der Waals surface area contributed by atoms with Crippen LogP contribution in [0.15, 0.2) is 239 Å². The van der Waals surface area contributed by atoms with Crippen molar-refractivity contribution in [3.05, 3.63) is 230 Å². The van der Waals surface area contributed by atoms with Crippen molar-refractivity contribution in [1.29, 1.82) is 0 Å². The van der Waals surface area contributed by atoms with E-state index in [0.29, 0.717) is 45.1 Å². The Morgan fingerprint density at radius 3 is 1.21 bits per heavy atom. The van der Waals surface area contributed by atoms with Gasteiger partial charge in [0.1, 0.15) is 22.3 Å². The summed E-state index contributed by atoms with van der Waals surface area (Å²) in [6.07, 6.45) is 0. The summed E-state index contributed by atoms with van der Waals surface area (Å²) in [6.45, 7) is 0. The topological polar surface area (TPSA) is 41.6 Å². The van der Waals surface area contributed by atoms with E-state index < -0.39 is 60.4 Å². The molecule has 6 heterocycles. The lowest BCUT2D eigenvalue weighted by atomic mass is 10.0. The molecule has 0 aliphatic rings. The summed E-state index contributed by atoms with van der Waals surface area (Å²) < 4.78 is 153. The highest BCUT2D eigenvalue weighted by Crippen LogP contribution is 2.52. The third-order valence-electron chi connectivity index (χ3n) is 14.4. The van der Waals surface area contributed by atoms with Crippen molar-refractivity contribution in [2.24, 2.45) is 0 Å². The standard InChI is InChI=1S/C66H38N4O2/c1-3-15-39(16-4-1)67(41-27-33-61-51(35-41)43-19-9-13-25-59(43)71-61)55-31-29-45-49-37-58-50(38-57(49)69-53-23-11-7-21-47(53)63(55)65(45)69)46-30-32-56(64-48-22-8-12-24-54(48)70(58)66(46)64)68(40-17-5-2-6-18-40)42-28-34-62-52(36-42)44-20-10-14-26-60(44)72-62/h1-38H/i7D,8D,11D,12D,21D,22D,23D,24D,29D,30D,31D,32D,37D,38D. The molecule has 0 fully saturated rings. The van der Waals surface area contributed by atoms with Gasteiger partial charge < -0.3 is 27.4 Å². The zero-order valence-electron chi connectivity index (χ0n) is 51.5. The fourth-order valence-electron chi connectivity index (χ4n) is 11.4. The van der Waals surface area contributed by atoms with Gasteiger partial charge in [0.15, 0.2) is 0 Å². The Morgan fingerprint density at radius 2 is 0.736 bits per heavy atom. The van der Waals surface area contributed by atoms with Crippen molar-refractivity contribution in [1.82, 2.24) is 8.80 Å². The van der Waals surface area contributed by atoms with Gasteiger partial charge in [0.25, 0.3) is 0 Å². The van der Waals surface area contributed by atoms with E-state index in [1.54, 1.807) is 9.80 Å². The van der Waals surface area contributed by atoms with E-state index >= 15 is 0 Å². The van der Waals surface area contributed by atoms with E-state index in [1.807, 2.05) is 146 Å². The van der Waals surface area contributed by atoms with Gasteiger partial charge in [-0.2, -0.15) is 0 Å². The number of furan rings is 2. The third kappa shape index (κ3) is 4.97. The predicted molar refractivity (Wildman–Crippen MR) is 300 cm³/mol. The van der Waals surface area contributed by atoms with Gasteiger partial charge in [0, 0.05) is 87.4 Å². The molecule has 6 aromatic heterocycles. The molecule has 334 valence electrons. The molecule has 6 heteroatoms. The Morgan fingerprint density at radius 1 is 0.319 bits per heavy atom. The number of para-hydroxylation sites is 6. The molecule has 11 aromatic carbocycles. The number of anilines is 6. The van der Waals surface area contributed by atoms with Crippen molar-refractivity contribution in [3.8, 4) is 0 Å². The lowest BCUT2D eigenvalue weighted by molar-refractivity contribution is 0.668. The first-order valence-corrected chi connectivity index (χ1v) is 23.5. The summed E-state index contributed by atoms with van der Waals surface area (Å²) in [6, 6.07) is 38.1. The van der Waals surface area contributed by atoms with E-state index in [-0.39, 0.29) is 112 Å². The van der Waals surface area contributed by atoms with Crippen LogP contribution in [0.1, 0.15) is 19.2 Å².